The summed E-state index contributed by atoms with van der Waals surface area (Å²) in [6, 6.07) is 4.92. The van der Waals surface area contributed by atoms with Crippen LogP contribution in [0.2, 0.25) is 0 Å². The van der Waals surface area contributed by atoms with Crippen LogP contribution in [0.5, 0.6) is 11.5 Å². The molecule has 11 heteroatoms. The molecule has 0 fully saturated rings. The lowest BCUT2D eigenvalue weighted by molar-refractivity contribution is -0.119. The molecule has 1 heterocycles. The van der Waals surface area contributed by atoms with Crippen molar-refractivity contribution in [1.29, 1.82) is 0 Å². The minimum absolute atomic E-state index is 0.0177. The van der Waals surface area contributed by atoms with E-state index in [2.05, 4.69) is 25.1 Å². The Balaban J connectivity index is 2.12. The van der Waals surface area contributed by atoms with Gasteiger partial charge in [-0.15, -0.1) is 5.10 Å². The number of carbonyl (C=O) groups is 1. The number of hydrogen-bond donors (Lipinski definition) is 3. The average molecular weight is 333 g/mol. The van der Waals surface area contributed by atoms with Crippen LogP contribution >= 0.6 is 0 Å². The molecule has 0 saturated heterocycles. The third kappa shape index (κ3) is 4.19. The first-order chi connectivity index (χ1) is 11.5. The Kier molecular flexibility index (Phi) is 5.28. The van der Waals surface area contributed by atoms with Gasteiger partial charge in [0.25, 0.3) is 5.91 Å². The number of aromatic nitrogens is 2. The number of benzene rings is 1. The van der Waals surface area contributed by atoms with Gasteiger partial charge in [-0.1, -0.05) is 0 Å². The Morgan fingerprint density at radius 3 is 2.75 bits per heavy atom. The first kappa shape index (κ1) is 16.7. The Hall–Kier alpha value is -3.63. The van der Waals surface area contributed by atoms with Gasteiger partial charge in [0.15, 0.2) is 35.5 Å². The van der Waals surface area contributed by atoms with Crippen molar-refractivity contribution in [3.63, 3.8) is 0 Å². The van der Waals surface area contributed by atoms with E-state index < -0.39 is 5.91 Å². The molecule has 0 aliphatic rings. The van der Waals surface area contributed by atoms with Crippen molar-refractivity contribution >= 4 is 23.8 Å². The van der Waals surface area contributed by atoms with Crippen LogP contribution in [0.15, 0.2) is 33.0 Å². The van der Waals surface area contributed by atoms with Crippen LogP contribution in [0.25, 0.3) is 0 Å². The number of hydrogen-bond acceptors (Lipinski definition) is 9. The second-order valence-corrected chi connectivity index (χ2v) is 4.39. The summed E-state index contributed by atoms with van der Waals surface area (Å²) in [7, 11) is 1.46. The largest absolute Gasteiger partial charge is 0.493 e. The van der Waals surface area contributed by atoms with Crippen LogP contribution in [0.4, 0.5) is 5.82 Å². The third-order valence-electron chi connectivity index (χ3n) is 2.69. The second kappa shape index (κ2) is 7.58. The first-order valence-corrected chi connectivity index (χ1v) is 6.55. The van der Waals surface area contributed by atoms with Crippen molar-refractivity contribution < 1.29 is 18.9 Å². The molecule has 0 bridgehead atoms. The van der Waals surface area contributed by atoms with E-state index in [0.717, 1.165) is 0 Å². The number of methoxy groups -OCH3 is 1. The number of anilines is 1. The third-order valence-corrected chi connectivity index (χ3v) is 2.69. The molecule has 0 saturated carbocycles. The zero-order chi connectivity index (χ0) is 17.5. The van der Waals surface area contributed by atoms with E-state index in [1.165, 1.54) is 13.3 Å². The highest BCUT2D eigenvalue weighted by molar-refractivity contribution is 5.99. The number of ether oxygens (including phenoxy) is 2. The van der Waals surface area contributed by atoms with E-state index >= 15 is 0 Å². The number of rotatable bonds is 7. The second-order valence-electron chi connectivity index (χ2n) is 4.39. The Labute approximate surface area is 136 Å². The number of nitrogens with zero attached hydrogens (tertiary/aromatic N) is 4. The predicted octanol–water partition coefficient (Wildman–Crippen LogP) is -0.736. The van der Waals surface area contributed by atoms with Gasteiger partial charge in [0.05, 0.1) is 13.3 Å². The van der Waals surface area contributed by atoms with Gasteiger partial charge in [-0.3, -0.25) is 4.79 Å². The fourth-order valence-corrected chi connectivity index (χ4v) is 1.61. The molecule has 0 atom stereocenters. The summed E-state index contributed by atoms with van der Waals surface area (Å²) in [5, 5.41) is 14.5. The van der Waals surface area contributed by atoms with E-state index in [9.17, 15) is 4.79 Å². The maximum absolute atomic E-state index is 10.7. The number of nitrogen functional groups attached to an aromatic ring is 1. The smallest absolute Gasteiger partial charge is 0.255 e. The van der Waals surface area contributed by atoms with Gasteiger partial charge >= 0.3 is 0 Å². The number of amidine groups is 1. The summed E-state index contributed by atoms with van der Waals surface area (Å²) in [5.74, 6) is 0.163. The summed E-state index contributed by atoms with van der Waals surface area (Å²) < 4.78 is 14.8. The van der Waals surface area contributed by atoms with Crippen LogP contribution in [0.3, 0.4) is 0 Å². The Bertz CT molecular complexity index is 784. The van der Waals surface area contributed by atoms with Crippen LogP contribution < -0.4 is 26.7 Å². The summed E-state index contributed by atoms with van der Waals surface area (Å²) >= 11 is 0. The molecule has 1 amide bonds. The summed E-state index contributed by atoms with van der Waals surface area (Å²) in [5.41, 5.74) is 16.9. The lowest BCUT2D eigenvalue weighted by Crippen LogP contribution is -2.20. The van der Waals surface area contributed by atoms with Gasteiger partial charge < -0.3 is 26.7 Å². The number of carbonyl (C=O) groups excluding carboxylic acids is 1. The zero-order valence-corrected chi connectivity index (χ0v) is 12.7. The van der Waals surface area contributed by atoms with Crippen molar-refractivity contribution in [1.82, 2.24) is 10.3 Å². The van der Waals surface area contributed by atoms with E-state index in [0.29, 0.717) is 17.1 Å². The number of amides is 1. The minimum Gasteiger partial charge on any atom is -0.493 e. The maximum atomic E-state index is 10.7. The highest BCUT2D eigenvalue weighted by Gasteiger charge is 2.10. The Morgan fingerprint density at radius 2 is 2.12 bits per heavy atom. The van der Waals surface area contributed by atoms with E-state index in [1.54, 1.807) is 18.2 Å². The molecule has 0 aliphatic heterocycles. The van der Waals surface area contributed by atoms with E-state index in [-0.39, 0.29) is 24.0 Å². The molecule has 0 aliphatic carbocycles. The summed E-state index contributed by atoms with van der Waals surface area (Å²) in [4.78, 5) is 10.7. The van der Waals surface area contributed by atoms with Crippen molar-refractivity contribution in [2.24, 2.45) is 21.7 Å². The van der Waals surface area contributed by atoms with E-state index in [1.807, 2.05) is 0 Å². The fraction of sp³-hybridized carbons (Fsp3) is 0.154. The fourth-order valence-electron chi connectivity index (χ4n) is 1.61. The Morgan fingerprint density at radius 1 is 1.33 bits per heavy atom. The molecule has 126 valence electrons. The molecule has 1 aromatic carbocycles. The molecule has 2 aromatic rings. The van der Waals surface area contributed by atoms with E-state index in [4.69, 9.17) is 26.7 Å². The van der Waals surface area contributed by atoms with Crippen molar-refractivity contribution in [2.45, 2.75) is 0 Å². The van der Waals surface area contributed by atoms with Crippen LogP contribution in [-0.4, -0.2) is 42.0 Å². The quantitative estimate of drug-likeness (QED) is 0.337. The highest BCUT2D eigenvalue weighted by atomic mass is 16.6. The molecule has 0 radical (unpaired) electrons. The molecular formula is C13H15N7O4. The van der Waals surface area contributed by atoms with Gasteiger partial charge in [0.1, 0.15) is 0 Å². The monoisotopic (exact) mass is 333 g/mol. The maximum Gasteiger partial charge on any atom is 0.255 e. The van der Waals surface area contributed by atoms with Crippen LogP contribution in [0.1, 0.15) is 11.3 Å². The molecule has 24 heavy (non-hydrogen) atoms. The molecule has 2 rings (SSSR count). The topological polar surface area (TPSA) is 177 Å². The molecule has 6 N–H and O–H groups in total. The molecular weight excluding hydrogens is 318 g/mol. The summed E-state index contributed by atoms with van der Waals surface area (Å²) in [6.07, 6.45) is 1.43. The molecule has 0 unspecified atom stereocenters. The van der Waals surface area contributed by atoms with Gasteiger partial charge in [0, 0.05) is 0 Å². The van der Waals surface area contributed by atoms with Crippen LogP contribution in [-0.2, 0) is 4.79 Å². The lowest BCUT2D eigenvalue weighted by atomic mass is 10.2. The zero-order valence-electron chi connectivity index (χ0n) is 12.7. The highest BCUT2D eigenvalue weighted by Crippen LogP contribution is 2.27. The SMILES string of the molecule is COc1cc(/C=N\N=C(\N)c2nonc2N)ccc1OCC(N)=O. The van der Waals surface area contributed by atoms with Gasteiger partial charge in [0.2, 0.25) is 0 Å². The predicted molar refractivity (Wildman–Crippen MR) is 84.7 cm³/mol. The van der Waals surface area contributed by atoms with Gasteiger partial charge in [-0.2, -0.15) is 5.10 Å². The van der Waals surface area contributed by atoms with Crippen LogP contribution in [0, 0.1) is 0 Å². The molecule has 0 spiro atoms. The number of primary amides is 1. The average Bonchev–Trinajstić information content (AvgIpc) is 2.99. The van der Waals surface area contributed by atoms with Crippen molar-refractivity contribution in [3.05, 3.63) is 29.5 Å². The molecule has 1 aromatic heterocycles. The standard InChI is InChI=1S/C13H15N7O4/c1-22-9-4-7(2-3-8(9)23-6-10(14)21)5-17-18-12(15)11-13(16)20-24-19-11/h2-5H,6H2,1H3,(H2,14,21)(H2,15,18)(H2,16,20)/b17-5-. The summed E-state index contributed by atoms with van der Waals surface area (Å²) in [6.45, 7) is -0.252. The minimum atomic E-state index is -0.589. The van der Waals surface area contributed by atoms with Gasteiger partial charge in [-0.25, -0.2) is 4.63 Å². The van der Waals surface area contributed by atoms with Crippen molar-refractivity contribution in [2.75, 3.05) is 19.5 Å². The lowest BCUT2D eigenvalue weighted by Gasteiger charge is -2.09. The van der Waals surface area contributed by atoms with Crippen molar-refractivity contribution in [3.8, 4) is 11.5 Å². The first-order valence-electron chi connectivity index (χ1n) is 6.55. The van der Waals surface area contributed by atoms with Gasteiger partial charge in [-0.05, 0) is 34.1 Å². The molecule has 11 nitrogen and oxygen atoms in total. The number of nitrogens with two attached hydrogens (primary N) is 3. The normalized spacial score (nSPS) is 11.6.